The summed E-state index contributed by atoms with van der Waals surface area (Å²) in [5.74, 6) is 0. The highest BCUT2D eigenvalue weighted by molar-refractivity contribution is 5.19. The van der Waals surface area contributed by atoms with Crippen molar-refractivity contribution in [3.05, 3.63) is 35.9 Å². The Morgan fingerprint density at radius 2 is 2.05 bits per heavy atom. The maximum atomic E-state index is 10.8. The molecule has 2 fully saturated rings. The molecule has 1 heterocycles. The van der Waals surface area contributed by atoms with E-state index in [1.54, 1.807) is 0 Å². The van der Waals surface area contributed by atoms with Gasteiger partial charge in [0.15, 0.2) is 0 Å². The maximum absolute atomic E-state index is 10.8. The van der Waals surface area contributed by atoms with Gasteiger partial charge in [0, 0.05) is 24.5 Å². The molecule has 3 heteroatoms. The van der Waals surface area contributed by atoms with E-state index in [0.29, 0.717) is 12.1 Å². The minimum absolute atomic E-state index is 0.161. The van der Waals surface area contributed by atoms with Gasteiger partial charge in [0.2, 0.25) is 0 Å². The molecule has 21 heavy (non-hydrogen) atoms. The molecule has 0 radical (unpaired) electrons. The summed E-state index contributed by atoms with van der Waals surface area (Å²) in [6, 6.07) is 10.6. The lowest BCUT2D eigenvalue weighted by molar-refractivity contribution is -0.0798. The number of morpholine rings is 1. The zero-order valence-corrected chi connectivity index (χ0v) is 13.2. The number of aliphatic hydroxyl groups is 1. The van der Waals surface area contributed by atoms with Gasteiger partial charge in [0.05, 0.1) is 18.8 Å². The standard InChI is InChI=1S/C18H27NO2/c1-18(2,17(20)14-7-4-3-5-8-14)13-19-11-12-21-16-10-6-9-15(16)19/h3-5,7-8,15-17,20H,6,9-13H2,1-2H3. The van der Waals surface area contributed by atoms with E-state index in [4.69, 9.17) is 4.74 Å². The molecular weight excluding hydrogens is 262 g/mol. The normalized spacial score (nSPS) is 28.3. The Hall–Kier alpha value is -0.900. The largest absolute Gasteiger partial charge is 0.388 e. The Balaban J connectivity index is 1.70. The Kier molecular flexibility index (Phi) is 4.34. The van der Waals surface area contributed by atoms with Gasteiger partial charge in [-0.25, -0.2) is 0 Å². The van der Waals surface area contributed by atoms with Crippen LogP contribution < -0.4 is 0 Å². The molecule has 1 aromatic rings. The number of rotatable bonds is 4. The van der Waals surface area contributed by atoms with Gasteiger partial charge in [0.1, 0.15) is 0 Å². The van der Waals surface area contributed by atoms with Gasteiger partial charge in [-0.3, -0.25) is 4.90 Å². The fourth-order valence-electron chi connectivity index (χ4n) is 3.90. The zero-order chi connectivity index (χ0) is 14.9. The first kappa shape index (κ1) is 15.0. The van der Waals surface area contributed by atoms with Crippen molar-refractivity contribution in [1.82, 2.24) is 4.90 Å². The van der Waals surface area contributed by atoms with E-state index < -0.39 is 6.10 Å². The first-order chi connectivity index (χ1) is 10.1. The molecule has 3 nitrogen and oxygen atoms in total. The summed E-state index contributed by atoms with van der Waals surface area (Å²) in [4.78, 5) is 2.55. The van der Waals surface area contributed by atoms with Crippen LogP contribution in [0.4, 0.5) is 0 Å². The molecule has 3 unspecified atom stereocenters. The van der Waals surface area contributed by atoms with Crippen LogP contribution in [0.1, 0.15) is 44.8 Å². The quantitative estimate of drug-likeness (QED) is 0.925. The number of hydrogen-bond donors (Lipinski definition) is 1. The van der Waals surface area contributed by atoms with Crippen molar-refractivity contribution < 1.29 is 9.84 Å². The highest BCUT2D eigenvalue weighted by Gasteiger charge is 2.40. The van der Waals surface area contributed by atoms with E-state index in [1.807, 2.05) is 30.3 Å². The van der Waals surface area contributed by atoms with Crippen LogP contribution in [0.2, 0.25) is 0 Å². The SMILES string of the molecule is CC(C)(CN1CCOC2CCCC21)C(O)c1ccccc1. The van der Waals surface area contributed by atoms with E-state index in [0.717, 1.165) is 25.3 Å². The average Bonchev–Trinajstić information content (AvgIpc) is 2.97. The molecule has 2 aliphatic rings. The molecule has 1 aliphatic carbocycles. The molecule has 3 atom stereocenters. The van der Waals surface area contributed by atoms with Gasteiger partial charge in [-0.15, -0.1) is 0 Å². The summed E-state index contributed by atoms with van der Waals surface area (Å²) >= 11 is 0. The minimum Gasteiger partial charge on any atom is -0.388 e. The topological polar surface area (TPSA) is 32.7 Å². The molecule has 0 amide bonds. The zero-order valence-electron chi connectivity index (χ0n) is 13.2. The molecule has 1 saturated carbocycles. The first-order valence-electron chi connectivity index (χ1n) is 8.16. The number of fused-ring (bicyclic) bond motifs is 1. The Labute approximate surface area is 127 Å². The summed E-state index contributed by atoms with van der Waals surface area (Å²) < 4.78 is 5.89. The van der Waals surface area contributed by atoms with Crippen LogP contribution in [0.15, 0.2) is 30.3 Å². The maximum Gasteiger partial charge on any atom is 0.0853 e. The van der Waals surface area contributed by atoms with Crippen molar-refractivity contribution in [2.24, 2.45) is 5.41 Å². The molecule has 0 spiro atoms. The van der Waals surface area contributed by atoms with Gasteiger partial charge < -0.3 is 9.84 Å². The van der Waals surface area contributed by atoms with Crippen LogP contribution >= 0.6 is 0 Å². The van der Waals surface area contributed by atoms with E-state index in [9.17, 15) is 5.11 Å². The van der Waals surface area contributed by atoms with Crippen LogP contribution in [0.3, 0.4) is 0 Å². The molecule has 1 aliphatic heterocycles. The summed E-state index contributed by atoms with van der Waals surface area (Å²) in [6.07, 6.45) is 3.70. The summed E-state index contributed by atoms with van der Waals surface area (Å²) in [5.41, 5.74) is 0.852. The van der Waals surface area contributed by atoms with Crippen LogP contribution in [0, 0.1) is 5.41 Å². The second-order valence-electron chi connectivity index (χ2n) is 7.18. The lowest BCUT2D eigenvalue weighted by Gasteiger charge is -2.43. The van der Waals surface area contributed by atoms with Gasteiger partial charge in [-0.2, -0.15) is 0 Å². The van der Waals surface area contributed by atoms with Gasteiger partial charge in [-0.05, 0) is 24.8 Å². The van der Waals surface area contributed by atoms with Crippen molar-refractivity contribution in [3.63, 3.8) is 0 Å². The van der Waals surface area contributed by atoms with Gasteiger partial charge >= 0.3 is 0 Å². The summed E-state index contributed by atoms with van der Waals surface area (Å²) in [6.45, 7) is 7.09. The minimum atomic E-state index is -0.429. The van der Waals surface area contributed by atoms with Crippen molar-refractivity contribution in [2.45, 2.75) is 51.4 Å². The molecule has 1 aromatic carbocycles. The van der Waals surface area contributed by atoms with E-state index >= 15 is 0 Å². The number of aliphatic hydroxyl groups excluding tert-OH is 1. The summed E-state index contributed by atoms with van der Waals surface area (Å²) in [7, 11) is 0. The van der Waals surface area contributed by atoms with Gasteiger partial charge in [-0.1, -0.05) is 44.2 Å². The molecule has 0 aromatic heterocycles. The fourth-order valence-corrected chi connectivity index (χ4v) is 3.90. The summed E-state index contributed by atoms with van der Waals surface area (Å²) in [5, 5.41) is 10.8. The molecule has 3 rings (SSSR count). The van der Waals surface area contributed by atoms with Crippen LogP contribution in [0.25, 0.3) is 0 Å². The van der Waals surface area contributed by atoms with Gasteiger partial charge in [0.25, 0.3) is 0 Å². The Morgan fingerprint density at radius 1 is 1.29 bits per heavy atom. The average molecular weight is 289 g/mol. The number of benzene rings is 1. The highest BCUT2D eigenvalue weighted by Crippen LogP contribution is 2.37. The Bertz CT molecular complexity index is 460. The van der Waals surface area contributed by atoms with Crippen molar-refractivity contribution in [2.75, 3.05) is 19.7 Å². The predicted molar refractivity (Wildman–Crippen MR) is 84.1 cm³/mol. The van der Waals surface area contributed by atoms with Crippen molar-refractivity contribution in [1.29, 1.82) is 0 Å². The number of hydrogen-bond acceptors (Lipinski definition) is 3. The lowest BCUT2D eigenvalue weighted by atomic mass is 9.81. The second-order valence-corrected chi connectivity index (χ2v) is 7.18. The van der Waals surface area contributed by atoms with E-state index in [-0.39, 0.29) is 5.41 Å². The monoisotopic (exact) mass is 289 g/mol. The second kappa shape index (κ2) is 6.07. The van der Waals surface area contributed by atoms with Crippen LogP contribution in [-0.2, 0) is 4.74 Å². The third-order valence-corrected chi connectivity index (χ3v) is 5.06. The molecule has 116 valence electrons. The number of ether oxygens (including phenoxy) is 1. The third-order valence-electron chi connectivity index (χ3n) is 5.06. The number of nitrogens with zero attached hydrogens (tertiary/aromatic N) is 1. The molecular formula is C18H27NO2. The van der Waals surface area contributed by atoms with Crippen LogP contribution in [-0.4, -0.2) is 41.8 Å². The highest BCUT2D eigenvalue weighted by atomic mass is 16.5. The Morgan fingerprint density at radius 3 is 2.81 bits per heavy atom. The lowest BCUT2D eigenvalue weighted by Crippen LogP contribution is -2.52. The molecule has 1 N–H and O–H groups in total. The van der Waals surface area contributed by atoms with E-state index in [2.05, 4.69) is 18.7 Å². The smallest absolute Gasteiger partial charge is 0.0853 e. The molecule has 1 saturated heterocycles. The van der Waals surface area contributed by atoms with Crippen molar-refractivity contribution in [3.8, 4) is 0 Å². The molecule has 0 bridgehead atoms. The van der Waals surface area contributed by atoms with Crippen LogP contribution in [0.5, 0.6) is 0 Å². The van der Waals surface area contributed by atoms with Crippen molar-refractivity contribution >= 4 is 0 Å². The third kappa shape index (κ3) is 3.15. The fraction of sp³-hybridized carbons (Fsp3) is 0.667. The van der Waals surface area contributed by atoms with E-state index in [1.165, 1.54) is 19.3 Å². The predicted octanol–water partition coefficient (Wildman–Crippen LogP) is 3.00. The first-order valence-corrected chi connectivity index (χ1v) is 8.16.